The van der Waals surface area contributed by atoms with Crippen molar-refractivity contribution in [2.45, 2.75) is 65.3 Å². The van der Waals surface area contributed by atoms with Crippen molar-refractivity contribution in [1.29, 1.82) is 0 Å². The number of amides is 1. The van der Waals surface area contributed by atoms with Crippen LogP contribution in [0.3, 0.4) is 0 Å². The molecular formula is C33H41N3O3. The Labute approximate surface area is 232 Å². The molecule has 0 spiro atoms. The average molecular weight is 528 g/mol. The topological polar surface area (TPSA) is 65.4 Å². The van der Waals surface area contributed by atoms with Gasteiger partial charge in [-0.2, -0.15) is 0 Å². The first-order valence-corrected chi connectivity index (χ1v) is 14.1. The zero-order valence-electron chi connectivity index (χ0n) is 23.5. The minimum Gasteiger partial charge on any atom is -0.497 e. The van der Waals surface area contributed by atoms with E-state index in [9.17, 15) is 4.79 Å². The van der Waals surface area contributed by atoms with Gasteiger partial charge in [-0.05, 0) is 92.6 Å². The zero-order chi connectivity index (χ0) is 27.5. The predicted molar refractivity (Wildman–Crippen MR) is 158 cm³/mol. The summed E-state index contributed by atoms with van der Waals surface area (Å²) in [4.78, 5) is 17.2. The van der Waals surface area contributed by atoms with E-state index in [1.165, 1.54) is 16.6 Å². The lowest BCUT2D eigenvalue weighted by molar-refractivity contribution is -0.120. The first-order chi connectivity index (χ1) is 19.0. The number of hydrogen-bond donors (Lipinski definition) is 1. The predicted octanol–water partition coefficient (Wildman–Crippen LogP) is 6.59. The summed E-state index contributed by atoms with van der Waals surface area (Å²) in [5.41, 5.74) is 5.72. The summed E-state index contributed by atoms with van der Waals surface area (Å²) in [6.45, 7) is 6.56. The first kappa shape index (κ1) is 28.2. The van der Waals surface area contributed by atoms with Crippen LogP contribution in [0.15, 0.2) is 66.7 Å². The molecule has 6 nitrogen and oxygen atoms in total. The zero-order valence-corrected chi connectivity index (χ0v) is 23.5. The van der Waals surface area contributed by atoms with E-state index in [-0.39, 0.29) is 5.91 Å². The molecule has 0 aliphatic carbocycles. The highest BCUT2D eigenvalue weighted by atomic mass is 16.5. The van der Waals surface area contributed by atoms with Gasteiger partial charge in [-0.15, -0.1) is 0 Å². The Hall–Kier alpha value is -3.80. The number of para-hydroxylation sites is 2. The molecule has 0 atom stereocenters. The lowest BCUT2D eigenvalue weighted by atomic mass is 10.1. The van der Waals surface area contributed by atoms with Crippen LogP contribution in [0.25, 0.3) is 11.0 Å². The third-order valence-electron chi connectivity index (χ3n) is 6.90. The number of methoxy groups -OCH3 is 1. The van der Waals surface area contributed by atoms with Crippen molar-refractivity contribution in [3.05, 3.63) is 89.2 Å². The second kappa shape index (κ2) is 14.4. The number of aryl methyl sites for hydroxylation is 4. The molecule has 0 radical (unpaired) electrons. The molecule has 1 amide bonds. The molecule has 0 saturated carbocycles. The van der Waals surface area contributed by atoms with Gasteiger partial charge in [0.1, 0.15) is 17.3 Å². The van der Waals surface area contributed by atoms with Gasteiger partial charge >= 0.3 is 0 Å². The number of nitrogens with zero attached hydrogens (tertiary/aromatic N) is 2. The van der Waals surface area contributed by atoms with Crippen molar-refractivity contribution in [2.24, 2.45) is 0 Å². The maximum Gasteiger partial charge on any atom is 0.224 e. The van der Waals surface area contributed by atoms with Gasteiger partial charge in [0.15, 0.2) is 0 Å². The third kappa shape index (κ3) is 8.60. The van der Waals surface area contributed by atoms with E-state index in [2.05, 4.69) is 66.2 Å². The van der Waals surface area contributed by atoms with Crippen LogP contribution in [-0.4, -0.2) is 35.7 Å². The molecule has 39 heavy (non-hydrogen) atoms. The molecule has 1 aromatic heterocycles. The Balaban J connectivity index is 1.18. The number of imidazole rings is 1. The third-order valence-corrected chi connectivity index (χ3v) is 6.90. The largest absolute Gasteiger partial charge is 0.497 e. The van der Waals surface area contributed by atoms with Crippen molar-refractivity contribution in [3.8, 4) is 11.5 Å². The van der Waals surface area contributed by atoms with Gasteiger partial charge in [0, 0.05) is 19.5 Å². The minimum atomic E-state index is 0.0588. The van der Waals surface area contributed by atoms with Crippen LogP contribution in [0.2, 0.25) is 0 Å². The first-order valence-electron chi connectivity index (χ1n) is 14.1. The van der Waals surface area contributed by atoms with Crippen LogP contribution < -0.4 is 14.8 Å². The minimum absolute atomic E-state index is 0.0588. The molecule has 6 heteroatoms. The van der Waals surface area contributed by atoms with Gasteiger partial charge in [-0.3, -0.25) is 4.79 Å². The van der Waals surface area contributed by atoms with Gasteiger partial charge in [0.05, 0.1) is 31.2 Å². The fourth-order valence-corrected chi connectivity index (χ4v) is 4.95. The van der Waals surface area contributed by atoms with E-state index in [1.807, 2.05) is 24.3 Å². The van der Waals surface area contributed by atoms with Crippen LogP contribution in [0.5, 0.6) is 11.5 Å². The fraction of sp³-hybridized carbons (Fsp3) is 0.394. The van der Waals surface area contributed by atoms with Crippen LogP contribution in [0.4, 0.5) is 0 Å². The van der Waals surface area contributed by atoms with Crippen LogP contribution in [-0.2, 0) is 24.2 Å². The number of carbonyl (C=O) groups is 1. The molecule has 4 aromatic rings. The van der Waals surface area contributed by atoms with E-state index in [1.54, 1.807) is 7.11 Å². The summed E-state index contributed by atoms with van der Waals surface area (Å²) in [6.07, 6.45) is 6.43. The van der Waals surface area contributed by atoms with Crippen molar-refractivity contribution < 1.29 is 14.3 Å². The smallest absolute Gasteiger partial charge is 0.224 e. The second-order valence-electron chi connectivity index (χ2n) is 10.2. The molecule has 1 heterocycles. The quantitative estimate of drug-likeness (QED) is 0.177. The number of carbonyl (C=O) groups excluding carboxylic acids is 1. The number of aromatic nitrogens is 2. The maximum absolute atomic E-state index is 12.3. The highest BCUT2D eigenvalue weighted by Crippen LogP contribution is 2.20. The summed E-state index contributed by atoms with van der Waals surface area (Å²) >= 11 is 0. The number of ether oxygens (including phenoxy) is 2. The van der Waals surface area contributed by atoms with Gasteiger partial charge in [0.2, 0.25) is 5.91 Å². The summed E-state index contributed by atoms with van der Waals surface area (Å²) in [6, 6.07) is 22.4. The Morgan fingerprint density at radius 3 is 2.41 bits per heavy atom. The standard InChI is InChI=1S/C33H41N3O3/c1-25-21-26(2)23-29(22-25)39-20-10-9-19-36-31-12-7-6-11-30(31)35-32(36)13-5-4-8-18-34-33(37)24-27-14-16-28(38-3)17-15-27/h6-7,11-12,14-17,21-23H,4-5,8-10,13,18-20,24H2,1-3H3,(H,34,37). The highest BCUT2D eigenvalue weighted by Gasteiger charge is 2.10. The van der Waals surface area contributed by atoms with Crippen LogP contribution in [0, 0.1) is 13.8 Å². The molecular weight excluding hydrogens is 486 g/mol. The van der Waals surface area contributed by atoms with Crippen LogP contribution in [0.1, 0.15) is 54.6 Å². The Morgan fingerprint density at radius 1 is 0.872 bits per heavy atom. The van der Waals surface area contributed by atoms with E-state index in [0.29, 0.717) is 13.0 Å². The number of rotatable bonds is 15. The lowest BCUT2D eigenvalue weighted by Gasteiger charge is -2.11. The summed E-state index contributed by atoms with van der Waals surface area (Å²) in [5, 5.41) is 3.05. The van der Waals surface area contributed by atoms with Gasteiger partial charge in [0.25, 0.3) is 0 Å². The van der Waals surface area contributed by atoms with E-state index < -0.39 is 0 Å². The monoisotopic (exact) mass is 527 g/mol. The normalized spacial score (nSPS) is 11.1. The average Bonchev–Trinajstić information content (AvgIpc) is 3.27. The molecule has 0 saturated heterocycles. The van der Waals surface area contributed by atoms with E-state index in [0.717, 1.165) is 80.1 Å². The Morgan fingerprint density at radius 2 is 1.64 bits per heavy atom. The lowest BCUT2D eigenvalue weighted by Crippen LogP contribution is -2.26. The Kier molecular flexibility index (Phi) is 10.4. The van der Waals surface area contributed by atoms with Crippen LogP contribution >= 0.6 is 0 Å². The van der Waals surface area contributed by atoms with Crippen molar-refractivity contribution in [3.63, 3.8) is 0 Å². The summed E-state index contributed by atoms with van der Waals surface area (Å²) < 4.78 is 13.6. The maximum atomic E-state index is 12.3. The number of nitrogens with one attached hydrogen (secondary N) is 1. The number of fused-ring (bicyclic) bond motifs is 1. The second-order valence-corrected chi connectivity index (χ2v) is 10.2. The Bertz CT molecular complexity index is 1320. The number of unbranched alkanes of at least 4 members (excludes halogenated alkanes) is 3. The van der Waals surface area contributed by atoms with E-state index >= 15 is 0 Å². The number of benzene rings is 3. The van der Waals surface area contributed by atoms with Crippen molar-refractivity contribution in [1.82, 2.24) is 14.9 Å². The molecule has 0 aliphatic rings. The van der Waals surface area contributed by atoms with Crippen molar-refractivity contribution in [2.75, 3.05) is 20.3 Å². The van der Waals surface area contributed by atoms with E-state index in [4.69, 9.17) is 14.5 Å². The highest BCUT2D eigenvalue weighted by molar-refractivity contribution is 5.78. The molecule has 4 rings (SSSR count). The SMILES string of the molecule is COc1ccc(CC(=O)NCCCCCc2nc3ccccc3n2CCCCOc2cc(C)cc(C)c2)cc1. The molecule has 0 bridgehead atoms. The number of hydrogen-bond acceptors (Lipinski definition) is 4. The van der Waals surface area contributed by atoms with Gasteiger partial charge < -0.3 is 19.4 Å². The van der Waals surface area contributed by atoms with Gasteiger partial charge in [-0.1, -0.05) is 36.8 Å². The summed E-state index contributed by atoms with van der Waals surface area (Å²) in [5.74, 6) is 2.96. The fourth-order valence-electron chi connectivity index (χ4n) is 4.95. The molecule has 3 aromatic carbocycles. The molecule has 1 N–H and O–H groups in total. The van der Waals surface area contributed by atoms with Crippen molar-refractivity contribution >= 4 is 16.9 Å². The van der Waals surface area contributed by atoms with Gasteiger partial charge in [-0.25, -0.2) is 4.98 Å². The summed E-state index contributed by atoms with van der Waals surface area (Å²) in [7, 11) is 1.64. The molecule has 0 aliphatic heterocycles. The molecule has 0 fully saturated rings. The molecule has 0 unspecified atom stereocenters. The molecule has 206 valence electrons.